The first-order chi connectivity index (χ1) is 13.9. The highest BCUT2D eigenvalue weighted by molar-refractivity contribution is 9.25. The van der Waals surface area contributed by atoms with E-state index >= 15 is 0 Å². The van der Waals surface area contributed by atoms with Crippen molar-refractivity contribution >= 4 is 43.6 Å². The second-order valence-corrected chi connectivity index (χ2v) is 11.1. The third-order valence-corrected chi connectivity index (χ3v) is 7.82. The number of hydrogen-bond donors (Lipinski definition) is 0. The minimum absolute atomic E-state index is 0.0223. The van der Waals surface area contributed by atoms with Gasteiger partial charge in [0, 0.05) is 29.2 Å². The summed E-state index contributed by atoms with van der Waals surface area (Å²) in [6.07, 6.45) is 1.86. The van der Waals surface area contributed by atoms with Crippen LogP contribution in [0.1, 0.15) is 28.8 Å². The maximum absolute atomic E-state index is 13.5. The molecule has 4 unspecified atom stereocenters. The van der Waals surface area contributed by atoms with Crippen molar-refractivity contribution in [3.05, 3.63) is 83.6 Å². The summed E-state index contributed by atoms with van der Waals surface area (Å²) in [7, 11) is 1.38. The minimum atomic E-state index is -0.500. The van der Waals surface area contributed by atoms with Crippen LogP contribution in [0.3, 0.4) is 0 Å². The van der Waals surface area contributed by atoms with E-state index in [1.807, 2.05) is 59.6 Å². The SMILES string of the molecule is COC(=O)C(C)N1C=C(C(=O)c2ccccc2)C(c2ccccc2)C2C1C2(Br)Br. The molecule has 29 heavy (non-hydrogen) atoms. The fourth-order valence-corrected chi connectivity index (χ4v) is 6.09. The van der Waals surface area contributed by atoms with Crippen LogP contribution in [0.2, 0.25) is 0 Å². The first-order valence-electron chi connectivity index (χ1n) is 9.47. The van der Waals surface area contributed by atoms with Gasteiger partial charge in [-0.2, -0.15) is 0 Å². The highest BCUT2D eigenvalue weighted by Gasteiger charge is 2.70. The summed E-state index contributed by atoms with van der Waals surface area (Å²) >= 11 is 7.62. The summed E-state index contributed by atoms with van der Waals surface area (Å²) < 4.78 is 4.58. The lowest BCUT2D eigenvalue weighted by molar-refractivity contribution is -0.145. The van der Waals surface area contributed by atoms with Crippen LogP contribution < -0.4 is 0 Å². The van der Waals surface area contributed by atoms with Crippen molar-refractivity contribution in [1.82, 2.24) is 4.90 Å². The van der Waals surface area contributed by atoms with Crippen molar-refractivity contribution in [2.75, 3.05) is 7.11 Å². The molecule has 0 radical (unpaired) electrons. The van der Waals surface area contributed by atoms with Crippen LogP contribution >= 0.6 is 31.9 Å². The number of allylic oxidation sites excluding steroid dienone is 1. The highest BCUT2D eigenvalue weighted by atomic mass is 79.9. The number of hydrogen-bond acceptors (Lipinski definition) is 4. The summed E-state index contributed by atoms with van der Waals surface area (Å²) in [6, 6.07) is 18.9. The van der Waals surface area contributed by atoms with Gasteiger partial charge >= 0.3 is 5.97 Å². The number of ketones is 1. The second-order valence-electron chi connectivity index (χ2n) is 7.46. The minimum Gasteiger partial charge on any atom is -0.467 e. The lowest BCUT2D eigenvalue weighted by Gasteiger charge is -2.34. The van der Waals surface area contributed by atoms with E-state index in [4.69, 9.17) is 4.74 Å². The number of benzene rings is 2. The third-order valence-electron chi connectivity index (χ3n) is 5.82. The van der Waals surface area contributed by atoms with Crippen molar-refractivity contribution in [2.24, 2.45) is 5.92 Å². The summed E-state index contributed by atoms with van der Waals surface area (Å²) in [4.78, 5) is 27.8. The first-order valence-corrected chi connectivity index (χ1v) is 11.1. The molecule has 2 aromatic carbocycles. The number of rotatable bonds is 5. The molecule has 1 aliphatic carbocycles. The zero-order valence-electron chi connectivity index (χ0n) is 16.1. The van der Waals surface area contributed by atoms with E-state index in [0.29, 0.717) is 11.1 Å². The maximum Gasteiger partial charge on any atom is 0.328 e. The average molecular weight is 519 g/mol. The Bertz CT molecular complexity index is 959. The number of carbonyl (C=O) groups excluding carboxylic acids is 2. The van der Waals surface area contributed by atoms with Gasteiger partial charge in [-0.25, -0.2) is 4.79 Å². The van der Waals surface area contributed by atoms with Crippen molar-refractivity contribution in [3.8, 4) is 0 Å². The summed E-state index contributed by atoms with van der Waals surface area (Å²) in [5, 5.41) is 0. The van der Waals surface area contributed by atoms with Crippen LogP contribution in [0.5, 0.6) is 0 Å². The van der Waals surface area contributed by atoms with Crippen LogP contribution in [-0.4, -0.2) is 39.1 Å². The predicted octanol–water partition coefficient (Wildman–Crippen LogP) is 4.90. The first kappa shape index (κ1) is 20.4. The van der Waals surface area contributed by atoms with Gasteiger partial charge in [0.25, 0.3) is 0 Å². The number of alkyl halides is 2. The molecule has 4 atom stereocenters. The third kappa shape index (κ3) is 3.46. The Balaban J connectivity index is 1.84. The van der Waals surface area contributed by atoms with Gasteiger partial charge < -0.3 is 9.64 Å². The molecular weight excluding hydrogens is 498 g/mol. The van der Waals surface area contributed by atoms with Crippen LogP contribution in [0.4, 0.5) is 0 Å². The molecule has 6 heteroatoms. The Morgan fingerprint density at radius 3 is 2.21 bits per heavy atom. The van der Waals surface area contributed by atoms with Gasteiger partial charge in [-0.3, -0.25) is 4.79 Å². The fourth-order valence-electron chi connectivity index (χ4n) is 4.29. The molecule has 150 valence electrons. The average Bonchev–Trinajstić information content (AvgIpc) is 3.34. The monoisotopic (exact) mass is 517 g/mol. The predicted molar refractivity (Wildman–Crippen MR) is 119 cm³/mol. The molecule has 0 bridgehead atoms. The molecular formula is C23H21Br2NO3. The molecule has 1 aliphatic heterocycles. The summed E-state index contributed by atoms with van der Waals surface area (Å²) in [5.74, 6) is -0.353. The van der Waals surface area contributed by atoms with Crippen LogP contribution in [0, 0.1) is 5.92 Å². The Morgan fingerprint density at radius 1 is 1.03 bits per heavy atom. The van der Waals surface area contributed by atoms with Crippen molar-refractivity contribution in [1.29, 1.82) is 0 Å². The molecule has 4 nitrogen and oxygen atoms in total. The molecule has 0 spiro atoms. The number of ether oxygens (including phenoxy) is 1. The molecule has 0 N–H and O–H groups in total. The van der Waals surface area contributed by atoms with Gasteiger partial charge in [0.05, 0.1) is 13.2 Å². The lowest BCUT2D eigenvalue weighted by atomic mass is 9.81. The van der Waals surface area contributed by atoms with E-state index < -0.39 is 9.28 Å². The van der Waals surface area contributed by atoms with Crippen molar-refractivity contribution in [2.45, 2.75) is 28.2 Å². The number of carbonyl (C=O) groups is 2. The molecule has 4 rings (SSSR count). The smallest absolute Gasteiger partial charge is 0.328 e. The zero-order chi connectivity index (χ0) is 20.8. The van der Waals surface area contributed by atoms with Crippen LogP contribution in [0.15, 0.2) is 72.4 Å². The van der Waals surface area contributed by atoms with E-state index in [1.54, 1.807) is 6.92 Å². The van der Waals surface area contributed by atoms with Gasteiger partial charge in [-0.1, -0.05) is 92.5 Å². The van der Waals surface area contributed by atoms with Gasteiger partial charge in [-0.05, 0) is 12.5 Å². The van der Waals surface area contributed by atoms with E-state index in [-0.39, 0.29) is 29.6 Å². The topological polar surface area (TPSA) is 46.6 Å². The molecule has 1 heterocycles. The van der Waals surface area contributed by atoms with Gasteiger partial charge in [0.15, 0.2) is 5.78 Å². The van der Waals surface area contributed by atoms with Crippen molar-refractivity contribution in [3.63, 3.8) is 0 Å². The standard InChI is InChI=1S/C23H21Br2NO3/c1-14(22(28)29-2)26-13-17(20(27)16-11-7-4-8-12-16)18(15-9-5-3-6-10-15)19-21(26)23(19,24)25/h3-14,18-19,21H,1-2H3. The maximum atomic E-state index is 13.5. The number of fused-ring (bicyclic) bond motifs is 1. The molecule has 2 aromatic rings. The number of methoxy groups -OCH3 is 1. The Labute approximate surface area is 187 Å². The van der Waals surface area contributed by atoms with E-state index in [0.717, 1.165) is 5.56 Å². The number of halogens is 2. The molecule has 1 fully saturated rings. The zero-order valence-corrected chi connectivity index (χ0v) is 19.3. The molecule has 1 saturated carbocycles. The Hall–Kier alpha value is -1.92. The van der Waals surface area contributed by atoms with E-state index in [1.165, 1.54) is 7.11 Å². The Morgan fingerprint density at radius 2 is 1.62 bits per heavy atom. The fraction of sp³-hybridized carbons (Fsp3) is 0.304. The number of esters is 1. The van der Waals surface area contributed by atoms with E-state index in [2.05, 4.69) is 44.0 Å². The number of Topliss-reactive ketones (excluding diaryl/α,β-unsaturated/α-hetero) is 1. The van der Waals surface area contributed by atoms with Gasteiger partial charge in [0.1, 0.15) is 9.28 Å². The molecule has 0 aromatic heterocycles. The van der Waals surface area contributed by atoms with Crippen LogP contribution in [-0.2, 0) is 9.53 Å². The summed E-state index contributed by atoms with van der Waals surface area (Å²) in [6.45, 7) is 1.81. The number of nitrogens with zero attached hydrogens (tertiary/aromatic N) is 1. The largest absolute Gasteiger partial charge is 0.467 e. The lowest BCUT2D eigenvalue weighted by Crippen LogP contribution is -2.42. The highest BCUT2D eigenvalue weighted by Crippen LogP contribution is 2.68. The van der Waals surface area contributed by atoms with Gasteiger partial charge in [0.2, 0.25) is 0 Å². The van der Waals surface area contributed by atoms with Crippen molar-refractivity contribution < 1.29 is 14.3 Å². The van der Waals surface area contributed by atoms with Crippen LogP contribution in [0.25, 0.3) is 0 Å². The summed E-state index contributed by atoms with van der Waals surface area (Å²) in [5.41, 5.74) is 2.41. The molecule has 2 aliphatic rings. The second kappa shape index (κ2) is 7.73. The van der Waals surface area contributed by atoms with Gasteiger partial charge in [-0.15, -0.1) is 0 Å². The van der Waals surface area contributed by atoms with E-state index in [9.17, 15) is 9.59 Å². The molecule has 0 amide bonds. The Kier molecular flexibility index (Phi) is 5.42. The molecule has 0 saturated heterocycles. The quantitative estimate of drug-likeness (QED) is 0.321. The normalized spacial score (nSPS) is 25.4.